The molecule has 0 atom stereocenters. The fraction of sp³-hybridized carbons (Fsp3) is 0.0476. The van der Waals surface area contributed by atoms with E-state index in [2.05, 4.69) is 31.1 Å². The summed E-state index contributed by atoms with van der Waals surface area (Å²) in [6.45, 7) is 1.47. The first-order valence-corrected chi connectivity index (χ1v) is 9.80. The zero-order chi connectivity index (χ0) is 20.4. The molecular formula is C21H14BrClN4O2. The van der Waals surface area contributed by atoms with E-state index < -0.39 is 0 Å². The molecular weight excluding hydrogens is 456 g/mol. The number of rotatable bonds is 4. The number of halogens is 2. The van der Waals surface area contributed by atoms with Gasteiger partial charge in [0, 0.05) is 28.2 Å². The lowest BCUT2D eigenvalue weighted by Gasteiger charge is -2.20. The van der Waals surface area contributed by atoms with Gasteiger partial charge in [0.15, 0.2) is 0 Å². The van der Waals surface area contributed by atoms with E-state index in [9.17, 15) is 4.79 Å². The van der Waals surface area contributed by atoms with Crippen LogP contribution in [0.5, 0.6) is 0 Å². The molecule has 0 saturated carbocycles. The van der Waals surface area contributed by atoms with Crippen molar-refractivity contribution in [3.63, 3.8) is 0 Å². The van der Waals surface area contributed by atoms with Crippen LogP contribution in [0.1, 0.15) is 6.92 Å². The molecule has 2 aromatic heterocycles. The minimum absolute atomic E-state index is 0.231. The second-order valence-corrected chi connectivity index (χ2v) is 7.41. The van der Waals surface area contributed by atoms with Crippen molar-refractivity contribution in [2.75, 3.05) is 4.90 Å². The number of carbonyl (C=O) groups excluding carboxylic acids is 1. The monoisotopic (exact) mass is 468 g/mol. The zero-order valence-corrected chi connectivity index (χ0v) is 17.6. The molecule has 1 amide bonds. The Hall–Kier alpha value is -3.03. The van der Waals surface area contributed by atoms with Crippen LogP contribution < -0.4 is 4.90 Å². The Morgan fingerprint density at radius 3 is 2.52 bits per heavy atom. The smallest absolute Gasteiger partial charge is 0.248 e. The van der Waals surface area contributed by atoms with Gasteiger partial charge < -0.3 is 4.52 Å². The summed E-state index contributed by atoms with van der Waals surface area (Å²) in [6, 6.07) is 16.3. The molecule has 0 aliphatic heterocycles. The van der Waals surface area contributed by atoms with Gasteiger partial charge >= 0.3 is 0 Å². The fourth-order valence-electron chi connectivity index (χ4n) is 2.96. The van der Waals surface area contributed by atoms with Gasteiger partial charge in [-0.15, -0.1) is 0 Å². The molecule has 0 aliphatic rings. The molecule has 0 unspecified atom stereocenters. The lowest BCUT2D eigenvalue weighted by Crippen LogP contribution is -2.23. The van der Waals surface area contributed by atoms with E-state index in [-0.39, 0.29) is 11.8 Å². The summed E-state index contributed by atoms with van der Waals surface area (Å²) >= 11 is 9.53. The summed E-state index contributed by atoms with van der Waals surface area (Å²) in [6.07, 6.45) is 3.07. The molecule has 2 aromatic carbocycles. The number of anilines is 2. The number of amides is 1. The Morgan fingerprint density at radius 1 is 1.10 bits per heavy atom. The summed E-state index contributed by atoms with van der Waals surface area (Å²) in [7, 11) is 0. The van der Waals surface area contributed by atoms with E-state index in [1.807, 2.05) is 36.4 Å². The highest BCUT2D eigenvalue weighted by molar-refractivity contribution is 9.10. The van der Waals surface area contributed by atoms with Crippen molar-refractivity contribution in [3.8, 4) is 22.5 Å². The van der Waals surface area contributed by atoms with Crippen LogP contribution in [-0.2, 0) is 4.79 Å². The van der Waals surface area contributed by atoms with Crippen LogP contribution in [0, 0.1) is 0 Å². The van der Waals surface area contributed by atoms with Gasteiger partial charge in [-0.05, 0) is 46.3 Å². The number of benzene rings is 2. The molecule has 2 heterocycles. The van der Waals surface area contributed by atoms with Gasteiger partial charge in [0.2, 0.25) is 11.8 Å². The topological polar surface area (TPSA) is 72.1 Å². The van der Waals surface area contributed by atoms with Gasteiger partial charge in [-0.25, -0.2) is 14.9 Å². The Bertz CT molecular complexity index is 1160. The predicted octanol–water partition coefficient (Wildman–Crippen LogP) is 5.90. The number of aromatic nitrogens is 3. The van der Waals surface area contributed by atoms with Crippen LogP contribution >= 0.6 is 27.5 Å². The lowest BCUT2D eigenvalue weighted by atomic mass is 10.0. The van der Waals surface area contributed by atoms with Gasteiger partial charge in [-0.3, -0.25) is 4.79 Å². The molecule has 0 spiro atoms. The maximum Gasteiger partial charge on any atom is 0.248 e. The van der Waals surface area contributed by atoms with E-state index in [4.69, 9.17) is 16.1 Å². The number of hydrogen-bond acceptors (Lipinski definition) is 5. The van der Waals surface area contributed by atoms with Gasteiger partial charge in [0.25, 0.3) is 0 Å². The average molecular weight is 470 g/mol. The van der Waals surface area contributed by atoms with E-state index in [0.717, 1.165) is 10.0 Å². The maximum absolute atomic E-state index is 12.6. The Labute approximate surface area is 180 Å². The third kappa shape index (κ3) is 3.79. The average Bonchev–Trinajstić information content (AvgIpc) is 3.15. The molecule has 144 valence electrons. The van der Waals surface area contributed by atoms with E-state index in [1.54, 1.807) is 24.4 Å². The fourth-order valence-corrected chi connectivity index (χ4v) is 3.55. The van der Waals surface area contributed by atoms with E-state index in [0.29, 0.717) is 27.7 Å². The molecule has 0 aliphatic carbocycles. The van der Waals surface area contributed by atoms with Crippen molar-refractivity contribution in [2.24, 2.45) is 0 Å². The highest BCUT2D eigenvalue weighted by Crippen LogP contribution is 2.42. The highest BCUT2D eigenvalue weighted by atomic mass is 79.9. The maximum atomic E-state index is 12.6. The van der Waals surface area contributed by atoms with Crippen molar-refractivity contribution >= 4 is 45.0 Å². The third-order valence-corrected chi connectivity index (χ3v) is 5.16. The van der Waals surface area contributed by atoms with Gasteiger partial charge in [-0.2, -0.15) is 0 Å². The third-order valence-electron chi connectivity index (χ3n) is 4.24. The predicted molar refractivity (Wildman–Crippen MR) is 115 cm³/mol. The number of carbonyl (C=O) groups is 1. The van der Waals surface area contributed by atoms with Gasteiger partial charge in [-0.1, -0.05) is 41.0 Å². The standard InChI is InChI=1S/C21H14BrClN4O2/c1-13(28)27(18-5-3-2-4-16(18)22)21-19(17-10-11-24-12-25-17)20(26-29-21)14-6-8-15(23)9-7-14/h2-12H,1H3. The van der Waals surface area contributed by atoms with Crippen LogP contribution in [0.4, 0.5) is 11.6 Å². The van der Waals surface area contributed by atoms with Crippen LogP contribution in [-0.4, -0.2) is 21.0 Å². The van der Waals surface area contributed by atoms with Crippen LogP contribution in [0.3, 0.4) is 0 Å². The minimum atomic E-state index is -0.231. The normalized spacial score (nSPS) is 10.7. The van der Waals surface area contributed by atoms with Crippen LogP contribution in [0.15, 0.2) is 76.1 Å². The molecule has 6 nitrogen and oxygen atoms in total. The first-order valence-electron chi connectivity index (χ1n) is 8.63. The quantitative estimate of drug-likeness (QED) is 0.372. The second kappa shape index (κ2) is 8.14. The first kappa shape index (κ1) is 19.3. The molecule has 8 heteroatoms. The van der Waals surface area contributed by atoms with Crippen LogP contribution in [0.2, 0.25) is 5.02 Å². The molecule has 4 rings (SSSR count). The van der Waals surface area contributed by atoms with Gasteiger partial charge in [0.05, 0.1) is 16.9 Å². The number of para-hydroxylation sites is 1. The minimum Gasteiger partial charge on any atom is -0.336 e. The van der Waals surface area contributed by atoms with Crippen molar-refractivity contribution < 1.29 is 9.32 Å². The Balaban J connectivity index is 1.97. The zero-order valence-electron chi connectivity index (χ0n) is 15.2. The van der Waals surface area contributed by atoms with Crippen molar-refractivity contribution in [3.05, 3.63) is 76.6 Å². The van der Waals surface area contributed by atoms with Gasteiger partial charge in [0.1, 0.15) is 12.0 Å². The first-order chi connectivity index (χ1) is 14.1. The van der Waals surface area contributed by atoms with E-state index >= 15 is 0 Å². The van der Waals surface area contributed by atoms with Crippen molar-refractivity contribution in [1.29, 1.82) is 0 Å². The Morgan fingerprint density at radius 2 is 1.86 bits per heavy atom. The molecule has 0 radical (unpaired) electrons. The molecule has 0 bridgehead atoms. The van der Waals surface area contributed by atoms with Crippen LogP contribution in [0.25, 0.3) is 22.5 Å². The van der Waals surface area contributed by atoms with Crippen molar-refractivity contribution in [2.45, 2.75) is 6.92 Å². The largest absolute Gasteiger partial charge is 0.336 e. The lowest BCUT2D eigenvalue weighted by molar-refractivity contribution is -0.116. The number of hydrogen-bond donors (Lipinski definition) is 0. The summed E-state index contributed by atoms with van der Waals surface area (Å²) < 4.78 is 6.45. The number of nitrogens with zero attached hydrogens (tertiary/aromatic N) is 4. The summed E-state index contributed by atoms with van der Waals surface area (Å²) in [5, 5.41) is 4.87. The summed E-state index contributed by atoms with van der Waals surface area (Å²) in [5.74, 6) is 0.0408. The summed E-state index contributed by atoms with van der Waals surface area (Å²) in [4.78, 5) is 22.4. The molecule has 29 heavy (non-hydrogen) atoms. The summed E-state index contributed by atoms with van der Waals surface area (Å²) in [5.41, 5.74) is 3.14. The Kier molecular flexibility index (Phi) is 5.42. The molecule has 0 N–H and O–H groups in total. The van der Waals surface area contributed by atoms with Crippen molar-refractivity contribution in [1.82, 2.24) is 15.1 Å². The molecule has 4 aromatic rings. The second-order valence-electron chi connectivity index (χ2n) is 6.12. The molecule has 0 saturated heterocycles. The SMILES string of the molecule is CC(=O)N(c1ccccc1Br)c1onc(-c2ccc(Cl)cc2)c1-c1ccncn1. The molecule has 0 fully saturated rings. The highest BCUT2D eigenvalue weighted by Gasteiger charge is 2.29. The van der Waals surface area contributed by atoms with E-state index in [1.165, 1.54) is 18.2 Å².